The number of rotatable bonds is 3. The van der Waals surface area contributed by atoms with Crippen molar-refractivity contribution in [3.05, 3.63) is 35.4 Å². The molecule has 88 valence electrons. The third-order valence-electron chi connectivity index (χ3n) is 2.54. The number of hydrogen-bond acceptors (Lipinski definition) is 5. The Labute approximate surface area is 98.1 Å². The van der Waals surface area contributed by atoms with Crippen LogP contribution in [0.2, 0.25) is 0 Å². The van der Waals surface area contributed by atoms with Gasteiger partial charge in [-0.2, -0.15) is 0 Å². The van der Waals surface area contributed by atoms with Crippen molar-refractivity contribution in [1.29, 1.82) is 0 Å². The van der Waals surface area contributed by atoms with Gasteiger partial charge in [-0.15, -0.1) is 0 Å². The molecule has 2 rings (SSSR count). The lowest BCUT2D eigenvalue weighted by molar-refractivity contribution is -0.127. The van der Waals surface area contributed by atoms with E-state index in [1.165, 1.54) is 7.11 Å². The van der Waals surface area contributed by atoms with Crippen LogP contribution in [0.1, 0.15) is 15.9 Å². The molecule has 0 N–H and O–H groups in total. The molecular weight excluding hydrogens is 222 g/mol. The molecule has 0 spiro atoms. The zero-order chi connectivity index (χ0) is 12.3. The Morgan fingerprint density at radius 1 is 1.47 bits per heavy atom. The zero-order valence-electron chi connectivity index (χ0n) is 9.25. The normalized spacial score (nSPS) is 22.4. The Kier molecular flexibility index (Phi) is 3.01. The van der Waals surface area contributed by atoms with Gasteiger partial charge in [0.25, 0.3) is 0 Å². The van der Waals surface area contributed by atoms with Gasteiger partial charge in [-0.1, -0.05) is 12.1 Å². The van der Waals surface area contributed by atoms with Crippen molar-refractivity contribution in [2.45, 2.75) is 5.72 Å². The summed E-state index contributed by atoms with van der Waals surface area (Å²) >= 11 is 0. The van der Waals surface area contributed by atoms with Crippen LogP contribution in [0.3, 0.4) is 0 Å². The summed E-state index contributed by atoms with van der Waals surface area (Å²) in [5.74, 6) is -0.424. The van der Waals surface area contributed by atoms with Crippen LogP contribution in [-0.4, -0.2) is 32.2 Å². The monoisotopic (exact) mass is 233 g/mol. The molecule has 1 aromatic rings. The van der Waals surface area contributed by atoms with E-state index in [0.717, 1.165) is 0 Å². The first-order valence-electron chi connectivity index (χ1n) is 5.05. The average Bonchev–Trinajstić information content (AvgIpc) is 2.88. The maximum Gasteiger partial charge on any atom is 0.337 e. The van der Waals surface area contributed by atoms with E-state index >= 15 is 0 Å². The van der Waals surface area contributed by atoms with E-state index in [4.69, 9.17) is 4.74 Å². The van der Waals surface area contributed by atoms with Gasteiger partial charge in [0.2, 0.25) is 5.72 Å². The first-order chi connectivity index (χ1) is 8.22. The SMILES string of the molecule is COC(=O)c1ccc(C2(C=O)N=CCO2)cc1. The molecule has 17 heavy (non-hydrogen) atoms. The fraction of sp³-hybridized carbons (Fsp3) is 0.250. The third-order valence-corrected chi connectivity index (χ3v) is 2.54. The largest absolute Gasteiger partial charge is 0.465 e. The van der Waals surface area contributed by atoms with E-state index < -0.39 is 11.7 Å². The number of methoxy groups -OCH3 is 1. The number of benzene rings is 1. The van der Waals surface area contributed by atoms with Gasteiger partial charge in [0.15, 0.2) is 6.29 Å². The van der Waals surface area contributed by atoms with Crippen LogP contribution in [0.4, 0.5) is 0 Å². The Balaban J connectivity index is 2.32. The number of ether oxygens (including phenoxy) is 2. The van der Waals surface area contributed by atoms with Crippen molar-refractivity contribution in [1.82, 2.24) is 0 Å². The maximum absolute atomic E-state index is 11.2. The summed E-state index contributed by atoms with van der Waals surface area (Å²) in [7, 11) is 1.31. The molecule has 5 heteroatoms. The second-order valence-electron chi connectivity index (χ2n) is 3.51. The lowest BCUT2D eigenvalue weighted by Crippen LogP contribution is -2.25. The van der Waals surface area contributed by atoms with Gasteiger partial charge in [0.1, 0.15) is 0 Å². The molecule has 1 atom stereocenters. The summed E-state index contributed by atoms with van der Waals surface area (Å²) in [6.45, 7) is 0.303. The van der Waals surface area contributed by atoms with Gasteiger partial charge in [-0.3, -0.25) is 4.79 Å². The molecule has 1 aliphatic heterocycles. The summed E-state index contributed by atoms with van der Waals surface area (Å²) in [5.41, 5.74) is -0.248. The van der Waals surface area contributed by atoms with E-state index in [0.29, 0.717) is 24.0 Å². The van der Waals surface area contributed by atoms with E-state index in [1.807, 2.05) is 0 Å². The van der Waals surface area contributed by atoms with Crippen LogP contribution in [0.15, 0.2) is 29.3 Å². The lowest BCUT2D eigenvalue weighted by atomic mass is 10.0. The van der Waals surface area contributed by atoms with Crippen LogP contribution in [-0.2, 0) is 20.0 Å². The highest BCUT2D eigenvalue weighted by molar-refractivity contribution is 5.89. The summed E-state index contributed by atoms with van der Waals surface area (Å²) in [5, 5.41) is 0. The topological polar surface area (TPSA) is 65.0 Å². The van der Waals surface area contributed by atoms with E-state index in [-0.39, 0.29) is 0 Å². The molecule has 0 aromatic heterocycles. The van der Waals surface area contributed by atoms with Crippen LogP contribution in [0.5, 0.6) is 0 Å². The van der Waals surface area contributed by atoms with Gasteiger partial charge in [-0.05, 0) is 12.1 Å². The number of carbonyl (C=O) groups is 2. The van der Waals surface area contributed by atoms with E-state index in [1.54, 1.807) is 30.5 Å². The second kappa shape index (κ2) is 4.47. The molecule has 0 radical (unpaired) electrons. The summed E-state index contributed by atoms with van der Waals surface area (Å²) in [4.78, 5) is 26.3. The van der Waals surface area contributed by atoms with E-state index in [2.05, 4.69) is 9.73 Å². The van der Waals surface area contributed by atoms with Crippen LogP contribution in [0.25, 0.3) is 0 Å². The van der Waals surface area contributed by atoms with Crippen molar-refractivity contribution < 1.29 is 19.1 Å². The van der Waals surface area contributed by atoms with Gasteiger partial charge in [-0.25, -0.2) is 9.79 Å². The quantitative estimate of drug-likeness (QED) is 0.575. The minimum atomic E-state index is -1.26. The zero-order valence-corrected chi connectivity index (χ0v) is 9.25. The molecule has 0 saturated heterocycles. The Morgan fingerprint density at radius 2 is 2.18 bits per heavy atom. The number of aliphatic imine (C=N–C) groups is 1. The summed E-state index contributed by atoms with van der Waals surface area (Å²) in [6.07, 6.45) is 2.19. The third kappa shape index (κ3) is 1.97. The molecule has 0 amide bonds. The maximum atomic E-state index is 11.2. The fourth-order valence-corrected chi connectivity index (χ4v) is 1.63. The van der Waals surface area contributed by atoms with Crippen molar-refractivity contribution in [3.8, 4) is 0 Å². The van der Waals surface area contributed by atoms with Crippen LogP contribution in [0, 0.1) is 0 Å². The van der Waals surface area contributed by atoms with Crippen molar-refractivity contribution >= 4 is 18.5 Å². The smallest absolute Gasteiger partial charge is 0.337 e. The molecule has 1 aliphatic rings. The minimum absolute atomic E-state index is 0.303. The number of aldehydes is 1. The van der Waals surface area contributed by atoms with Gasteiger partial charge < -0.3 is 9.47 Å². The van der Waals surface area contributed by atoms with Crippen molar-refractivity contribution in [2.24, 2.45) is 4.99 Å². The first-order valence-corrected chi connectivity index (χ1v) is 5.05. The van der Waals surface area contributed by atoms with Gasteiger partial charge in [0, 0.05) is 11.8 Å². The Morgan fingerprint density at radius 3 is 2.65 bits per heavy atom. The first kappa shape index (κ1) is 11.5. The highest BCUT2D eigenvalue weighted by Gasteiger charge is 2.34. The Hall–Kier alpha value is -2.01. The predicted molar refractivity (Wildman–Crippen MR) is 60.0 cm³/mol. The summed E-state index contributed by atoms with van der Waals surface area (Å²) in [6, 6.07) is 6.40. The molecule has 1 aromatic carbocycles. The van der Waals surface area contributed by atoms with E-state index in [9.17, 15) is 9.59 Å². The Bertz CT molecular complexity index is 466. The molecule has 1 unspecified atom stereocenters. The fourth-order valence-electron chi connectivity index (χ4n) is 1.63. The number of esters is 1. The second-order valence-corrected chi connectivity index (χ2v) is 3.51. The number of hydrogen-bond donors (Lipinski definition) is 0. The lowest BCUT2D eigenvalue weighted by Gasteiger charge is -2.19. The highest BCUT2D eigenvalue weighted by atomic mass is 16.5. The highest BCUT2D eigenvalue weighted by Crippen LogP contribution is 2.28. The summed E-state index contributed by atoms with van der Waals surface area (Å²) < 4.78 is 9.88. The average molecular weight is 233 g/mol. The molecule has 0 aliphatic carbocycles. The van der Waals surface area contributed by atoms with Crippen LogP contribution < -0.4 is 0 Å². The van der Waals surface area contributed by atoms with Gasteiger partial charge in [0.05, 0.1) is 19.3 Å². The molecule has 0 fully saturated rings. The minimum Gasteiger partial charge on any atom is -0.465 e. The van der Waals surface area contributed by atoms with Gasteiger partial charge >= 0.3 is 5.97 Å². The molecular formula is C12H11NO4. The van der Waals surface area contributed by atoms with Crippen LogP contribution >= 0.6 is 0 Å². The molecule has 0 bridgehead atoms. The molecule has 1 heterocycles. The molecule has 0 saturated carbocycles. The van der Waals surface area contributed by atoms with Crippen molar-refractivity contribution in [3.63, 3.8) is 0 Å². The predicted octanol–water partition coefficient (Wildman–Crippen LogP) is 0.926. The number of carbonyl (C=O) groups excluding carboxylic acids is 2. The number of nitrogens with zero attached hydrogens (tertiary/aromatic N) is 1. The standard InChI is InChI=1S/C12H11NO4/c1-16-11(15)9-2-4-10(5-3-9)12(8-14)13-6-7-17-12/h2-6,8H,7H2,1H3. The molecule has 5 nitrogen and oxygen atoms in total. The van der Waals surface area contributed by atoms with Crippen molar-refractivity contribution in [2.75, 3.05) is 13.7 Å².